The molecule has 0 aliphatic heterocycles. The summed E-state index contributed by atoms with van der Waals surface area (Å²) in [5.41, 5.74) is 2.97. The highest BCUT2D eigenvalue weighted by Crippen LogP contribution is 2.18. The molecule has 0 atom stereocenters. The Kier molecular flexibility index (Phi) is 4.08. The zero-order valence-electron chi connectivity index (χ0n) is 11.0. The van der Waals surface area contributed by atoms with Gasteiger partial charge in [-0.25, -0.2) is 4.79 Å². The van der Waals surface area contributed by atoms with Crippen molar-refractivity contribution in [1.29, 1.82) is 0 Å². The molecule has 3 heteroatoms. The number of nitrogens with zero attached hydrogens (tertiary/aromatic N) is 1. The lowest BCUT2D eigenvalue weighted by Crippen LogP contribution is -2.04. The number of carbonyl (C=O) groups is 1. The van der Waals surface area contributed by atoms with Crippen LogP contribution in [0, 0.1) is 6.92 Å². The van der Waals surface area contributed by atoms with Crippen molar-refractivity contribution in [2.24, 2.45) is 0 Å². The second-order valence-electron chi connectivity index (χ2n) is 4.12. The van der Waals surface area contributed by atoms with Crippen LogP contribution in [0.25, 0.3) is 11.6 Å². The Morgan fingerprint density at radius 3 is 2.47 bits per heavy atom. The largest absolute Gasteiger partial charge is 0.465 e. The maximum absolute atomic E-state index is 11.9. The molecule has 1 aromatic carbocycles. The van der Waals surface area contributed by atoms with E-state index in [0.29, 0.717) is 5.57 Å². The standard InChI is InChI=1S/C16H15NO2/c1-12-7-6-10-14(17-12)11-15(16(18)19-2)13-8-4-3-5-9-13/h3-11H,1-2H3/b15-11-. The predicted molar refractivity (Wildman–Crippen MR) is 75.3 cm³/mol. The quantitative estimate of drug-likeness (QED) is 0.623. The molecule has 2 aromatic rings. The number of hydrogen-bond acceptors (Lipinski definition) is 3. The van der Waals surface area contributed by atoms with E-state index in [1.165, 1.54) is 7.11 Å². The van der Waals surface area contributed by atoms with Crippen LogP contribution in [0.1, 0.15) is 17.0 Å². The third-order valence-electron chi connectivity index (χ3n) is 2.69. The van der Waals surface area contributed by atoms with E-state index in [1.807, 2.05) is 55.5 Å². The Labute approximate surface area is 112 Å². The number of rotatable bonds is 3. The SMILES string of the molecule is COC(=O)/C(=C\c1cccc(C)n1)c1ccccc1. The number of pyridine rings is 1. The molecule has 3 nitrogen and oxygen atoms in total. The Morgan fingerprint density at radius 1 is 1.11 bits per heavy atom. The molecule has 0 unspecified atom stereocenters. The van der Waals surface area contributed by atoms with Gasteiger partial charge in [0.25, 0.3) is 0 Å². The molecule has 0 aliphatic rings. The van der Waals surface area contributed by atoms with Crippen LogP contribution in [0.4, 0.5) is 0 Å². The van der Waals surface area contributed by atoms with Gasteiger partial charge >= 0.3 is 5.97 Å². The van der Waals surface area contributed by atoms with E-state index < -0.39 is 0 Å². The minimum atomic E-state index is -0.366. The molecule has 0 radical (unpaired) electrons. The van der Waals surface area contributed by atoms with E-state index in [2.05, 4.69) is 4.98 Å². The van der Waals surface area contributed by atoms with E-state index in [1.54, 1.807) is 6.08 Å². The molecule has 2 rings (SSSR count). The lowest BCUT2D eigenvalue weighted by atomic mass is 10.0. The highest BCUT2D eigenvalue weighted by atomic mass is 16.5. The van der Waals surface area contributed by atoms with Crippen molar-refractivity contribution in [3.05, 3.63) is 65.5 Å². The van der Waals surface area contributed by atoms with Crippen molar-refractivity contribution >= 4 is 17.6 Å². The van der Waals surface area contributed by atoms with Gasteiger partial charge in [0, 0.05) is 5.69 Å². The molecule has 0 bridgehead atoms. The van der Waals surface area contributed by atoms with Crippen molar-refractivity contribution in [1.82, 2.24) is 4.98 Å². The fraction of sp³-hybridized carbons (Fsp3) is 0.125. The number of ether oxygens (including phenoxy) is 1. The fourth-order valence-electron chi connectivity index (χ4n) is 1.78. The summed E-state index contributed by atoms with van der Waals surface area (Å²) in [6.07, 6.45) is 1.74. The van der Waals surface area contributed by atoms with Crippen molar-refractivity contribution < 1.29 is 9.53 Å². The van der Waals surface area contributed by atoms with Gasteiger partial charge in [0.15, 0.2) is 0 Å². The van der Waals surface area contributed by atoms with E-state index in [9.17, 15) is 4.79 Å². The first kappa shape index (κ1) is 13.0. The summed E-state index contributed by atoms with van der Waals surface area (Å²) in [4.78, 5) is 16.3. The van der Waals surface area contributed by atoms with Crippen LogP contribution in [0.15, 0.2) is 48.5 Å². The molecule has 0 N–H and O–H groups in total. The first-order valence-electron chi connectivity index (χ1n) is 6.00. The van der Waals surface area contributed by atoms with E-state index in [4.69, 9.17) is 4.74 Å². The zero-order valence-corrected chi connectivity index (χ0v) is 11.0. The first-order valence-corrected chi connectivity index (χ1v) is 6.00. The molecular formula is C16H15NO2. The molecule has 1 heterocycles. The number of esters is 1. The molecule has 0 fully saturated rings. The average Bonchev–Trinajstić information content (AvgIpc) is 2.45. The molecule has 1 aromatic heterocycles. The van der Waals surface area contributed by atoms with E-state index in [0.717, 1.165) is 17.0 Å². The Morgan fingerprint density at radius 2 is 1.84 bits per heavy atom. The number of carbonyl (C=O) groups excluding carboxylic acids is 1. The van der Waals surface area contributed by atoms with Crippen molar-refractivity contribution in [3.63, 3.8) is 0 Å². The summed E-state index contributed by atoms with van der Waals surface area (Å²) in [6.45, 7) is 1.91. The summed E-state index contributed by atoms with van der Waals surface area (Å²) in [5, 5.41) is 0. The fourth-order valence-corrected chi connectivity index (χ4v) is 1.78. The summed E-state index contributed by atoms with van der Waals surface area (Å²) >= 11 is 0. The monoisotopic (exact) mass is 253 g/mol. The minimum absolute atomic E-state index is 0.366. The molecule has 0 spiro atoms. The predicted octanol–water partition coefficient (Wildman–Crippen LogP) is 3.10. The zero-order chi connectivity index (χ0) is 13.7. The van der Waals surface area contributed by atoms with Crippen LogP contribution >= 0.6 is 0 Å². The molecule has 0 saturated heterocycles. The van der Waals surface area contributed by atoms with Crippen molar-refractivity contribution in [2.45, 2.75) is 6.92 Å². The maximum Gasteiger partial charge on any atom is 0.338 e. The van der Waals surface area contributed by atoms with Gasteiger partial charge in [-0.05, 0) is 30.7 Å². The highest BCUT2D eigenvalue weighted by Gasteiger charge is 2.12. The number of methoxy groups -OCH3 is 1. The molecule has 0 aliphatic carbocycles. The van der Waals surface area contributed by atoms with Gasteiger partial charge in [-0.1, -0.05) is 36.4 Å². The molecule has 19 heavy (non-hydrogen) atoms. The topological polar surface area (TPSA) is 39.2 Å². The van der Waals surface area contributed by atoms with E-state index >= 15 is 0 Å². The highest BCUT2D eigenvalue weighted by molar-refractivity contribution is 6.21. The number of aromatic nitrogens is 1. The number of benzene rings is 1. The summed E-state index contributed by atoms with van der Waals surface area (Å²) in [5.74, 6) is -0.366. The normalized spacial score (nSPS) is 11.2. The van der Waals surface area contributed by atoms with Crippen LogP contribution in [0.3, 0.4) is 0 Å². The lowest BCUT2D eigenvalue weighted by Gasteiger charge is -2.06. The number of aryl methyl sites for hydroxylation is 1. The van der Waals surface area contributed by atoms with Crippen LogP contribution in [0.2, 0.25) is 0 Å². The van der Waals surface area contributed by atoms with Gasteiger partial charge in [-0.15, -0.1) is 0 Å². The van der Waals surface area contributed by atoms with Crippen LogP contribution in [0.5, 0.6) is 0 Å². The van der Waals surface area contributed by atoms with Gasteiger partial charge in [-0.3, -0.25) is 4.98 Å². The Balaban J connectivity index is 2.47. The maximum atomic E-state index is 11.9. The molecular weight excluding hydrogens is 238 g/mol. The second-order valence-corrected chi connectivity index (χ2v) is 4.12. The van der Waals surface area contributed by atoms with Gasteiger partial charge in [0.2, 0.25) is 0 Å². The van der Waals surface area contributed by atoms with Crippen LogP contribution in [-0.4, -0.2) is 18.1 Å². The number of hydrogen-bond donors (Lipinski definition) is 0. The Bertz CT molecular complexity index is 603. The van der Waals surface area contributed by atoms with Crippen molar-refractivity contribution in [3.8, 4) is 0 Å². The van der Waals surface area contributed by atoms with Gasteiger partial charge in [0.05, 0.1) is 18.4 Å². The molecule has 0 saturated carbocycles. The summed E-state index contributed by atoms with van der Waals surface area (Å²) < 4.78 is 4.83. The molecule has 0 amide bonds. The summed E-state index contributed by atoms with van der Waals surface area (Å²) in [6, 6.07) is 15.1. The van der Waals surface area contributed by atoms with Crippen molar-refractivity contribution in [2.75, 3.05) is 7.11 Å². The third kappa shape index (κ3) is 3.28. The van der Waals surface area contributed by atoms with Gasteiger partial charge in [0.1, 0.15) is 0 Å². The van der Waals surface area contributed by atoms with E-state index in [-0.39, 0.29) is 5.97 Å². The first-order chi connectivity index (χ1) is 9.20. The lowest BCUT2D eigenvalue weighted by molar-refractivity contribution is -0.133. The third-order valence-corrected chi connectivity index (χ3v) is 2.69. The van der Waals surface area contributed by atoms with Gasteiger partial charge in [-0.2, -0.15) is 0 Å². The Hall–Kier alpha value is -2.42. The molecule has 96 valence electrons. The second kappa shape index (κ2) is 5.96. The van der Waals surface area contributed by atoms with Crippen LogP contribution in [-0.2, 0) is 9.53 Å². The minimum Gasteiger partial charge on any atom is -0.465 e. The average molecular weight is 253 g/mol. The smallest absolute Gasteiger partial charge is 0.338 e. The van der Waals surface area contributed by atoms with Gasteiger partial charge < -0.3 is 4.74 Å². The van der Waals surface area contributed by atoms with Crippen LogP contribution < -0.4 is 0 Å². The summed E-state index contributed by atoms with van der Waals surface area (Å²) in [7, 11) is 1.38.